The number of benzene rings is 2. The topological polar surface area (TPSA) is 72.2 Å². The van der Waals surface area contributed by atoms with Crippen molar-refractivity contribution >= 4 is 37.3 Å². The number of aryl methyl sites for hydroxylation is 1. The van der Waals surface area contributed by atoms with Crippen LogP contribution in [0.2, 0.25) is 0 Å². The fourth-order valence-electron chi connectivity index (χ4n) is 1.70. The summed E-state index contributed by atoms with van der Waals surface area (Å²) >= 11 is 3.00. The summed E-state index contributed by atoms with van der Waals surface area (Å²) in [7, 11) is -4.12. The Labute approximate surface area is 129 Å². The van der Waals surface area contributed by atoms with Crippen LogP contribution in [0.25, 0.3) is 0 Å². The second-order valence-electron chi connectivity index (χ2n) is 4.37. The molecule has 4 nitrogen and oxygen atoms in total. The highest BCUT2D eigenvalue weighted by Crippen LogP contribution is 2.27. The zero-order valence-electron chi connectivity index (χ0n) is 10.8. The van der Waals surface area contributed by atoms with Gasteiger partial charge in [0.15, 0.2) is 0 Å². The fourth-order valence-corrected chi connectivity index (χ4v) is 3.42. The lowest BCUT2D eigenvalue weighted by Gasteiger charge is -2.13. The van der Waals surface area contributed by atoms with Gasteiger partial charge in [-0.05, 0) is 58.7 Å². The average molecular weight is 377 g/mol. The van der Waals surface area contributed by atoms with Gasteiger partial charge in [0.05, 0.1) is 15.8 Å². The normalized spacial score (nSPS) is 11.4. The van der Waals surface area contributed by atoms with Gasteiger partial charge in [-0.3, -0.25) is 4.72 Å². The molecular weight excluding hydrogens is 366 g/mol. The molecule has 0 atom stereocenters. The molecule has 0 aliphatic carbocycles. The third-order valence-corrected chi connectivity index (χ3v) is 4.81. The zero-order valence-corrected chi connectivity index (χ0v) is 13.2. The lowest BCUT2D eigenvalue weighted by Crippen LogP contribution is -2.16. The van der Waals surface area contributed by atoms with Crippen molar-refractivity contribution in [3.8, 4) is 0 Å². The molecule has 0 saturated carbocycles. The molecule has 0 amide bonds. The van der Waals surface area contributed by atoms with Gasteiger partial charge in [-0.25, -0.2) is 17.2 Å². The van der Waals surface area contributed by atoms with E-state index in [1.54, 1.807) is 6.92 Å². The Hall–Kier alpha value is -1.67. The van der Waals surface area contributed by atoms with Gasteiger partial charge >= 0.3 is 0 Å². The molecule has 0 aromatic heterocycles. The van der Waals surface area contributed by atoms with Gasteiger partial charge in [0.25, 0.3) is 10.0 Å². The first-order valence-corrected chi connectivity index (χ1v) is 8.02. The van der Waals surface area contributed by atoms with E-state index in [2.05, 4.69) is 20.7 Å². The minimum Gasteiger partial charge on any atom is -0.398 e. The highest BCUT2D eigenvalue weighted by molar-refractivity contribution is 9.10. The molecule has 3 N–H and O–H groups in total. The summed E-state index contributed by atoms with van der Waals surface area (Å²) in [5, 5.41) is 0. The molecule has 0 bridgehead atoms. The van der Waals surface area contributed by atoms with Crippen LogP contribution in [0.4, 0.5) is 20.2 Å². The third kappa shape index (κ3) is 3.33. The smallest absolute Gasteiger partial charge is 0.264 e. The third-order valence-electron chi connectivity index (χ3n) is 2.78. The van der Waals surface area contributed by atoms with E-state index in [9.17, 15) is 17.2 Å². The van der Waals surface area contributed by atoms with Crippen LogP contribution in [0.5, 0.6) is 0 Å². The van der Waals surface area contributed by atoms with Gasteiger partial charge < -0.3 is 5.73 Å². The number of nitrogens with two attached hydrogens (primary N) is 1. The molecule has 2 rings (SSSR count). The van der Waals surface area contributed by atoms with Gasteiger partial charge in [-0.15, -0.1) is 0 Å². The number of hydrogen-bond acceptors (Lipinski definition) is 3. The van der Waals surface area contributed by atoms with Crippen LogP contribution in [0, 0.1) is 18.6 Å². The average Bonchev–Trinajstić information content (AvgIpc) is 2.38. The van der Waals surface area contributed by atoms with Crippen LogP contribution in [0.1, 0.15) is 5.56 Å². The Morgan fingerprint density at radius 2 is 1.86 bits per heavy atom. The molecule has 2 aromatic rings. The van der Waals surface area contributed by atoms with Crippen LogP contribution < -0.4 is 10.5 Å². The van der Waals surface area contributed by atoms with E-state index in [-0.39, 0.29) is 15.8 Å². The summed E-state index contributed by atoms with van der Waals surface area (Å²) in [5.74, 6) is -1.35. The molecule has 0 aliphatic heterocycles. The zero-order chi connectivity index (χ0) is 15.8. The number of rotatable bonds is 3. The second-order valence-corrected chi connectivity index (χ2v) is 6.87. The second kappa shape index (κ2) is 5.61. The molecule has 8 heteroatoms. The molecule has 0 fully saturated rings. The molecule has 0 radical (unpaired) electrons. The summed E-state index contributed by atoms with van der Waals surface area (Å²) in [6.07, 6.45) is 0. The van der Waals surface area contributed by atoms with E-state index in [4.69, 9.17) is 5.73 Å². The Bertz CT molecular complexity index is 810. The minimum absolute atomic E-state index is 0.0550. The van der Waals surface area contributed by atoms with E-state index in [0.717, 1.165) is 24.3 Å². The largest absolute Gasteiger partial charge is 0.398 e. The van der Waals surface area contributed by atoms with Crippen molar-refractivity contribution in [1.82, 2.24) is 0 Å². The summed E-state index contributed by atoms with van der Waals surface area (Å²) in [4.78, 5) is -0.398. The van der Waals surface area contributed by atoms with Crippen molar-refractivity contribution < 1.29 is 17.2 Å². The maximum atomic E-state index is 13.5. The summed E-state index contributed by atoms with van der Waals surface area (Å²) in [5.41, 5.74) is 6.01. The van der Waals surface area contributed by atoms with Crippen LogP contribution in [-0.2, 0) is 10.0 Å². The quantitative estimate of drug-likeness (QED) is 0.806. The van der Waals surface area contributed by atoms with Crippen LogP contribution in [-0.4, -0.2) is 8.42 Å². The van der Waals surface area contributed by atoms with Gasteiger partial charge in [0.2, 0.25) is 0 Å². The molecule has 2 aromatic carbocycles. The van der Waals surface area contributed by atoms with Gasteiger partial charge in [0.1, 0.15) is 16.5 Å². The number of nitrogen functional groups attached to an aromatic ring is 1. The Balaban J connectivity index is 2.47. The molecular formula is C13H11BrF2N2O2S. The summed E-state index contributed by atoms with van der Waals surface area (Å²) in [6.45, 7) is 1.61. The van der Waals surface area contributed by atoms with E-state index >= 15 is 0 Å². The van der Waals surface area contributed by atoms with E-state index in [0.29, 0.717) is 5.56 Å². The number of hydrogen-bond donors (Lipinski definition) is 2. The highest BCUT2D eigenvalue weighted by Gasteiger charge is 2.20. The van der Waals surface area contributed by atoms with E-state index in [1.807, 2.05) is 0 Å². The lowest BCUT2D eigenvalue weighted by molar-refractivity contribution is 0.595. The summed E-state index contributed by atoms with van der Waals surface area (Å²) < 4.78 is 53.6. The standard InChI is InChI=1S/C13H11BrF2N2O2S/c1-7-4-9(14)10(16)6-12(7)18-21(19,20)13-5-8(15)2-3-11(13)17/h2-6,18H,17H2,1H3. The van der Waals surface area contributed by atoms with Crippen molar-refractivity contribution in [2.45, 2.75) is 11.8 Å². The SMILES string of the molecule is Cc1cc(Br)c(F)cc1NS(=O)(=O)c1cc(F)ccc1N. The predicted molar refractivity (Wildman–Crippen MR) is 80.5 cm³/mol. The van der Waals surface area contributed by atoms with Crippen LogP contribution in [0.15, 0.2) is 39.7 Å². The first-order valence-electron chi connectivity index (χ1n) is 5.74. The first kappa shape index (κ1) is 15.7. The first-order chi connectivity index (χ1) is 9.70. The highest BCUT2D eigenvalue weighted by atomic mass is 79.9. The van der Waals surface area contributed by atoms with Crippen molar-refractivity contribution in [2.24, 2.45) is 0 Å². The van der Waals surface area contributed by atoms with Crippen LogP contribution in [0.3, 0.4) is 0 Å². The van der Waals surface area contributed by atoms with Crippen molar-refractivity contribution in [2.75, 3.05) is 10.5 Å². The Morgan fingerprint density at radius 3 is 2.52 bits per heavy atom. The van der Waals surface area contributed by atoms with Gasteiger partial charge in [0, 0.05) is 0 Å². The van der Waals surface area contributed by atoms with Crippen molar-refractivity contribution in [3.63, 3.8) is 0 Å². The van der Waals surface area contributed by atoms with Crippen molar-refractivity contribution in [3.05, 3.63) is 52.0 Å². The number of anilines is 2. The maximum absolute atomic E-state index is 13.5. The van der Waals surface area contributed by atoms with E-state index in [1.165, 1.54) is 6.07 Å². The Morgan fingerprint density at radius 1 is 1.19 bits per heavy atom. The van der Waals surface area contributed by atoms with Crippen LogP contribution >= 0.6 is 15.9 Å². The molecule has 112 valence electrons. The molecule has 0 spiro atoms. The lowest BCUT2D eigenvalue weighted by atomic mass is 10.2. The van der Waals surface area contributed by atoms with Gasteiger partial charge in [-0.2, -0.15) is 0 Å². The van der Waals surface area contributed by atoms with Crippen molar-refractivity contribution in [1.29, 1.82) is 0 Å². The number of sulfonamides is 1. The molecule has 21 heavy (non-hydrogen) atoms. The molecule has 0 aliphatic rings. The summed E-state index contributed by atoms with van der Waals surface area (Å²) in [6, 6.07) is 5.48. The number of halogens is 3. The molecule has 0 unspecified atom stereocenters. The predicted octanol–water partition coefficient (Wildman–Crippen LogP) is 3.42. The minimum atomic E-state index is -4.12. The number of nitrogens with one attached hydrogen (secondary N) is 1. The Kier molecular flexibility index (Phi) is 4.20. The fraction of sp³-hybridized carbons (Fsp3) is 0.0769. The van der Waals surface area contributed by atoms with E-state index < -0.39 is 26.6 Å². The monoisotopic (exact) mass is 376 g/mol. The van der Waals surface area contributed by atoms with Gasteiger partial charge in [-0.1, -0.05) is 0 Å². The molecule has 0 heterocycles. The molecule has 0 saturated heterocycles. The maximum Gasteiger partial charge on any atom is 0.264 e.